The third kappa shape index (κ3) is 2.83. The zero-order chi connectivity index (χ0) is 16.7. The number of anilines is 1. The SMILES string of the molecule is CCN1CCc2nc(NC(=O)c3cc4c(F)cccc4s3)sc2C1. The number of amides is 1. The third-order valence-corrected chi connectivity index (χ3v) is 6.31. The number of hydrogen-bond donors (Lipinski definition) is 1. The topological polar surface area (TPSA) is 45.2 Å². The van der Waals surface area contributed by atoms with Crippen molar-refractivity contribution in [3.63, 3.8) is 0 Å². The molecule has 0 fully saturated rings. The highest BCUT2D eigenvalue weighted by Crippen LogP contribution is 2.31. The summed E-state index contributed by atoms with van der Waals surface area (Å²) >= 11 is 2.83. The van der Waals surface area contributed by atoms with Gasteiger partial charge in [-0.2, -0.15) is 0 Å². The van der Waals surface area contributed by atoms with Gasteiger partial charge in [0.15, 0.2) is 5.13 Å². The minimum Gasteiger partial charge on any atom is -0.298 e. The van der Waals surface area contributed by atoms with E-state index in [2.05, 4.69) is 22.1 Å². The molecule has 0 atom stereocenters. The van der Waals surface area contributed by atoms with Crippen molar-refractivity contribution in [1.82, 2.24) is 9.88 Å². The van der Waals surface area contributed by atoms with Crippen molar-refractivity contribution in [1.29, 1.82) is 0 Å². The smallest absolute Gasteiger partial charge is 0.267 e. The summed E-state index contributed by atoms with van der Waals surface area (Å²) < 4.78 is 14.6. The second kappa shape index (κ2) is 6.23. The first-order chi connectivity index (χ1) is 11.6. The molecular weight excluding hydrogens is 345 g/mol. The Morgan fingerprint density at radius 1 is 1.42 bits per heavy atom. The van der Waals surface area contributed by atoms with Crippen molar-refractivity contribution < 1.29 is 9.18 Å². The summed E-state index contributed by atoms with van der Waals surface area (Å²) in [6, 6.07) is 6.49. The molecule has 0 radical (unpaired) electrons. The average Bonchev–Trinajstić information content (AvgIpc) is 3.18. The van der Waals surface area contributed by atoms with Gasteiger partial charge in [-0.3, -0.25) is 15.0 Å². The second-order valence-corrected chi connectivity index (χ2v) is 7.89. The first kappa shape index (κ1) is 15.7. The Bertz CT molecular complexity index is 918. The van der Waals surface area contributed by atoms with E-state index in [1.165, 1.54) is 33.6 Å². The summed E-state index contributed by atoms with van der Waals surface area (Å²) in [5.74, 6) is -0.527. The molecule has 3 heterocycles. The van der Waals surface area contributed by atoms with Crippen molar-refractivity contribution in [3.05, 3.63) is 45.5 Å². The first-order valence-electron chi connectivity index (χ1n) is 7.84. The Labute approximate surface area is 146 Å². The number of likely N-dealkylation sites (N-methyl/N-ethyl adjacent to an activating group) is 1. The number of thiazole rings is 1. The molecule has 4 nitrogen and oxygen atoms in total. The number of aromatic nitrogens is 1. The lowest BCUT2D eigenvalue weighted by Crippen LogP contribution is -2.29. The maximum absolute atomic E-state index is 13.8. The van der Waals surface area contributed by atoms with Gasteiger partial charge in [-0.05, 0) is 24.7 Å². The van der Waals surface area contributed by atoms with E-state index in [1.807, 2.05) is 6.07 Å². The number of rotatable bonds is 3. The molecule has 1 N–H and O–H groups in total. The predicted octanol–water partition coefficient (Wildman–Crippen LogP) is 4.13. The highest BCUT2D eigenvalue weighted by Gasteiger charge is 2.21. The number of nitrogens with one attached hydrogen (secondary N) is 1. The fourth-order valence-corrected chi connectivity index (χ4v) is 4.88. The van der Waals surface area contributed by atoms with Crippen LogP contribution in [-0.4, -0.2) is 28.9 Å². The molecular formula is C17H16FN3OS2. The number of fused-ring (bicyclic) bond motifs is 2. The summed E-state index contributed by atoms with van der Waals surface area (Å²) in [4.78, 5) is 21.1. The lowest BCUT2D eigenvalue weighted by atomic mass is 10.2. The van der Waals surface area contributed by atoms with Crippen LogP contribution >= 0.6 is 22.7 Å². The third-order valence-electron chi connectivity index (χ3n) is 4.21. The molecule has 0 saturated heterocycles. The lowest BCUT2D eigenvalue weighted by Gasteiger charge is -2.23. The molecule has 4 rings (SSSR count). The summed E-state index contributed by atoms with van der Waals surface area (Å²) in [6.07, 6.45) is 0.920. The Balaban J connectivity index is 1.55. The van der Waals surface area contributed by atoms with Crippen molar-refractivity contribution in [3.8, 4) is 0 Å². The van der Waals surface area contributed by atoms with Gasteiger partial charge in [-0.1, -0.05) is 13.0 Å². The molecule has 24 heavy (non-hydrogen) atoms. The second-order valence-electron chi connectivity index (χ2n) is 5.72. The first-order valence-corrected chi connectivity index (χ1v) is 9.47. The zero-order valence-electron chi connectivity index (χ0n) is 13.1. The number of hydrogen-bond acceptors (Lipinski definition) is 5. The molecule has 0 unspecified atom stereocenters. The molecule has 7 heteroatoms. The number of benzene rings is 1. The number of carbonyl (C=O) groups excluding carboxylic acids is 1. The van der Waals surface area contributed by atoms with Gasteiger partial charge in [-0.15, -0.1) is 22.7 Å². The molecule has 124 valence electrons. The average molecular weight is 361 g/mol. The maximum atomic E-state index is 13.8. The van der Waals surface area contributed by atoms with Gasteiger partial charge in [0, 0.05) is 34.5 Å². The lowest BCUT2D eigenvalue weighted by molar-refractivity contribution is 0.103. The van der Waals surface area contributed by atoms with Crippen LogP contribution in [0.25, 0.3) is 10.1 Å². The van der Waals surface area contributed by atoms with Gasteiger partial charge >= 0.3 is 0 Å². The molecule has 0 spiro atoms. The molecule has 0 bridgehead atoms. The van der Waals surface area contributed by atoms with Crippen LogP contribution < -0.4 is 5.32 Å². The highest BCUT2D eigenvalue weighted by molar-refractivity contribution is 7.21. The molecule has 1 aromatic carbocycles. The summed E-state index contributed by atoms with van der Waals surface area (Å²) in [5.41, 5.74) is 1.09. The fraction of sp³-hybridized carbons (Fsp3) is 0.294. The van der Waals surface area contributed by atoms with Crippen LogP contribution in [0.5, 0.6) is 0 Å². The Morgan fingerprint density at radius 2 is 2.29 bits per heavy atom. The zero-order valence-corrected chi connectivity index (χ0v) is 14.8. The van der Waals surface area contributed by atoms with E-state index in [0.29, 0.717) is 15.4 Å². The number of halogens is 1. The monoisotopic (exact) mass is 361 g/mol. The molecule has 3 aromatic rings. The normalized spacial score (nSPS) is 14.8. The molecule has 0 saturated carbocycles. The predicted molar refractivity (Wildman–Crippen MR) is 96.5 cm³/mol. The van der Waals surface area contributed by atoms with Gasteiger partial charge in [0.2, 0.25) is 0 Å². The van der Waals surface area contributed by atoms with Crippen LogP contribution in [0, 0.1) is 5.82 Å². The maximum Gasteiger partial charge on any atom is 0.267 e. The summed E-state index contributed by atoms with van der Waals surface area (Å²) in [5, 5.41) is 3.98. The minimum absolute atomic E-state index is 0.228. The van der Waals surface area contributed by atoms with Crippen LogP contribution in [-0.2, 0) is 13.0 Å². The fourth-order valence-electron chi connectivity index (χ4n) is 2.87. The van der Waals surface area contributed by atoms with Gasteiger partial charge in [-0.25, -0.2) is 9.37 Å². The van der Waals surface area contributed by atoms with Crippen molar-refractivity contribution >= 4 is 43.8 Å². The molecule has 1 aliphatic heterocycles. The Kier molecular flexibility index (Phi) is 4.07. The Hall–Kier alpha value is -1.83. The number of thiophene rings is 1. The molecule has 1 aliphatic rings. The van der Waals surface area contributed by atoms with Gasteiger partial charge < -0.3 is 0 Å². The van der Waals surface area contributed by atoms with Crippen LogP contribution in [0.3, 0.4) is 0 Å². The minimum atomic E-state index is -0.299. The molecule has 1 amide bonds. The van der Waals surface area contributed by atoms with E-state index in [-0.39, 0.29) is 11.7 Å². The van der Waals surface area contributed by atoms with E-state index < -0.39 is 0 Å². The highest BCUT2D eigenvalue weighted by atomic mass is 32.1. The van der Waals surface area contributed by atoms with Crippen LogP contribution in [0.2, 0.25) is 0 Å². The number of nitrogens with zero attached hydrogens (tertiary/aromatic N) is 2. The van der Waals surface area contributed by atoms with E-state index in [1.54, 1.807) is 12.1 Å². The van der Waals surface area contributed by atoms with Crippen LogP contribution in [0.4, 0.5) is 9.52 Å². The van der Waals surface area contributed by atoms with Gasteiger partial charge in [0.25, 0.3) is 5.91 Å². The van der Waals surface area contributed by atoms with Crippen molar-refractivity contribution in [2.75, 3.05) is 18.4 Å². The van der Waals surface area contributed by atoms with Gasteiger partial charge in [0.05, 0.1) is 10.6 Å². The van der Waals surface area contributed by atoms with Gasteiger partial charge in [0.1, 0.15) is 5.82 Å². The quantitative estimate of drug-likeness (QED) is 0.763. The van der Waals surface area contributed by atoms with E-state index in [0.717, 1.165) is 36.4 Å². The standard InChI is InChI=1S/C17H16FN3OS2/c1-2-21-7-6-12-15(9-21)24-17(19-12)20-16(22)14-8-10-11(18)4-3-5-13(10)23-14/h3-5,8H,2,6-7,9H2,1H3,(H,19,20,22). The van der Waals surface area contributed by atoms with Crippen LogP contribution in [0.15, 0.2) is 24.3 Å². The molecule has 0 aliphatic carbocycles. The Morgan fingerprint density at radius 3 is 3.08 bits per heavy atom. The molecule has 2 aromatic heterocycles. The largest absolute Gasteiger partial charge is 0.298 e. The van der Waals surface area contributed by atoms with Crippen LogP contribution in [0.1, 0.15) is 27.2 Å². The van der Waals surface area contributed by atoms with E-state index >= 15 is 0 Å². The van der Waals surface area contributed by atoms with E-state index in [9.17, 15) is 9.18 Å². The summed E-state index contributed by atoms with van der Waals surface area (Å²) in [7, 11) is 0. The van der Waals surface area contributed by atoms with Crippen molar-refractivity contribution in [2.24, 2.45) is 0 Å². The number of carbonyl (C=O) groups is 1. The van der Waals surface area contributed by atoms with E-state index in [4.69, 9.17) is 0 Å². The summed E-state index contributed by atoms with van der Waals surface area (Å²) in [6.45, 7) is 5.07. The van der Waals surface area contributed by atoms with Crippen molar-refractivity contribution in [2.45, 2.75) is 19.9 Å².